The first-order valence-electron chi connectivity index (χ1n) is 7.08. The molecule has 0 heterocycles. The van der Waals surface area contributed by atoms with Gasteiger partial charge in [0.15, 0.2) is 0 Å². The Labute approximate surface area is 126 Å². The van der Waals surface area contributed by atoms with Gasteiger partial charge < -0.3 is 19.7 Å². The van der Waals surface area contributed by atoms with E-state index in [1.165, 1.54) is 18.4 Å². The number of carbonyl (C=O) groups is 2. The number of nitrogens with one attached hydrogen (secondary N) is 1. The lowest BCUT2D eigenvalue weighted by molar-refractivity contribution is -0.139. The van der Waals surface area contributed by atoms with Gasteiger partial charge in [0.2, 0.25) is 0 Å². The standard InChI is InChI=1S/C15H26N2O4/c1-16-10-8-14(18)20-12-6-4-5-7-13-21-15(19)9-11-17(2)3/h8-11,16H,4-7,12-13H2,1-3H3/b10-8+,11-9+. The van der Waals surface area contributed by atoms with Crippen molar-refractivity contribution in [2.45, 2.75) is 25.7 Å². The van der Waals surface area contributed by atoms with E-state index in [1.54, 1.807) is 18.1 Å². The fraction of sp³-hybridized carbons (Fsp3) is 0.600. The average molecular weight is 298 g/mol. The lowest BCUT2D eigenvalue weighted by atomic mass is 10.2. The smallest absolute Gasteiger partial charge is 0.332 e. The largest absolute Gasteiger partial charge is 0.462 e. The minimum absolute atomic E-state index is 0.325. The molecule has 0 bridgehead atoms. The Kier molecular flexibility index (Phi) is 11.8. The molecule has 0 rings (SSSR count). The third-order valence-corrected chi connectivity index (χ3v) is 2.42. The minimum Gasteiger partial charge on any atom is -0.462 e. The summed E-state index contributed by atoms with van der Waals surface area (Å²) in [6, 6.07) is 0. The zero-order chi connectivity index (χ0) is 15.9. The topological polar surface area (TPSA) is 67.9 Å². The molecule has 0 aliphatic heterocycles. The molecular formula is C15H26N2O4. The van der Waals surface area contributed by atoms with Crippen LogP contribution < -0.4 is 5.32 Å². The molecule has 0 aliphatic carbocycles. The molecule has 0 saturated heterocycles. The number of hydrogen-bond donors (Lipinski definition) is 1. The molecule has 0 unspecified atom stereocenters. The highest BCUT2D eigenvalue weighted by Gasteiger charge is 1.98. The quantitative estimate of drug-likeness (QED) is 0.354. The zero-order valence-corrected chi connectivity index (χ0v) is 13.1. The van der Waals surface area contributed by atoms with Crippen LogP contribution in [0.25, 0.3) is 0 Å². The summed E-state index contributed by atoms with van der Waals surface area (Å²) in [4.78, 5) is 24.1. The van der Waals surface area contributed by atoms with E-state index in [2.05, 4.69) is 5.32 Å². The minimum atomic E-state index is -0.342. The van der Waals surface area contributed by atoms with E-state index >= 15 is 0 Å². The van der Waals surface area contributed by atoms with Crippen molar-refractivity contribution in [1.82, 2.24) is 10.2 Å². The van der Waals surface area contributed by atoms with Crippen molar-refractivity contribution in [2.24, 2.45) is 0 Å². The molecule has 0 radical (unpaired) electrons. The molecule has 0 aromatic rings. The Hall–Kier alpha value is -1.98. The van der Waals surface area contributed by atoms with Gasteiger partial charge in [-0.15, -0.1) is 0 Å². The molecule has 0 amide bonds. The highest BCUT2D eigenvalue weighted by molar-refractivity contribution is 5.82. The molecule has 6 heteroatoms. The summed E-state index contributed by atoms with van der Waals surface area (Å²) in [5.41, 5.74) is 0. The average Bonchev–Trinajstić information content (AvgIpc) is 2.45. The first-order valence-corrected chi connectivity index (χ1v) is 7.08. The van der Waals surface area contributed by atoms with Gasteiger partial charge >= 0.3 is 11.9 Å². The highest BCUT2D eigenvalue weighted by atomic mass is 16.5. The van der Waals surface area contributed by atoms with Crippen molar-refractivity contribution < 1.29 is 19.1 Å². The van der Waals surface area contributed by atoms with Gasteiger partial charge in [-0.25, -0.2) is 9.59 Å². The van der Waals surface area contributed by atoms with Gasteiger partial charge in [-0.3, -0.25) is 0 Å². The SMILES string of the molecule is CN/C=C/C(=O)OCCCCCCOC(=O)/C=C/N(C)C. The van der Waals surface area contributed by atoms with Crippen LogP contribution in [0.1, 0.15) is 25.7 Å². The molecule has 0 atom stereocenters. The third kappa shape index (κ3) is 14.2. The molecule has 0 saturated carbocycles. The molecule has 120 valence electrons. The lowest BCUT2D eigenvalue weighted by Crippen LogP contribution is -2.06. The summed E-state index contributed by atoms with van der Waals surface area (Å²) in [7, 11) is 5.39. The van der Waals surface area contributed by atoms with Crippen LogP contribution in [-0.4, -0.2) is 51.2 Å². The maximum atomic E-state index is 11.2. The number of esters is 2. The summed E-state index contributed by atoms with van der Waals surface area (Å²) < 4.78 is 10.0. The second-order valence-electron chi connectivity index (χ2n) is 4.65. The van der Waals surface area contributed by atoms with Gasteiger partial charge in [-0.05, 0) is 25.7 Å². The number of rotatable bonds is 11. The van der Waals surface area contributed by atoms with Crippen LogP contribution in [0.2, 0.25) is 0 Å². The maximum absolute atomic E-state index is 11.2. The lowest BCUT2D eigenvalue weighted by Gasteiger charge is -2.05. The Morgan fingerprint density at radius 2 is 1.48 bits per heavy atom. The fourth-order valence-electron chi connectivity index (χ4n) is 1.36. The van der Waals surface area contributed by atoms with E-state index in [9.17, 15) is 9.59 Å². The number of nitrogens with zero attached hydrogens (tertiary/aromatic N) is 1. The van der Waals surface area contributed by atoms with E-state index in [-0.39, 0.29) is 11.9 Å². The Bertz CT molecular complexity index is 352. The van der Waals surface area contributed by atoms with Crippen LogP contribution in [-0.2, 0) is 19.1 Å². The van der Waals surface area contributed by atoms with Crippen molar-refractivity contribution in [1.29, 1.82) is 0 Å². The van der Waals surface area contributed by atoms with Crippen LogP contribution >= 0.6 is 0 Å². The summed E-state index contributed by atoms with van der Waals surface area (Å²) >= 11 is 0. The van der Waals surface area contributed by atoms with E-state index in [1.807, 2.05) is 14.1 Å². The highest BCUT2D eigenvalue weighted by Crippen LogP contribution is 2.01. The summed E-state index contributed by atoms with van der Waals surface area (Å²) in [6.45, 7) is 0.833. The van der Waals surface area contributed by atoms with Crippen molar-refractivity contribution in [3.8, 4) is 0 Å². The number of unbranched alkanes of at least 4 members (excludes halogenated alkanes) is 3. The molecule has 0 spiro atoms. The molecule has 0 aromatic heterocycles. The van der Waals surface area contributed by atoms with Gasteiger partial charge in [-0.2, -0.15) is 0 Å². The van der Waals surface area contributed by atoms with Crippen LogP contribution in [0.15, 0.2) is 24.6 Å². The van der Waals surface area contributed by atoms with Gasteiger partial charge in [0.1, 0.15) is 0 Å². The third-order valence-electron chi connectivity index (χ3n) is 2.42. The van der Waals surface area contributed by atoms with Crippen molar-refractivity contribution in [3.63, 3.8) is 0 Å². The first kappa shape index (κ1) is 19.0. The molecule has 1 N–H and O–H groups in total. The Balaban J connectivity index is 3.39. The Morgan fingerprint density at radius 1 is 0.952 bits per heavy atom. The summed E-state index contributed by atoms with van der Waals surface area (Å²) in [5.74, 6) is -0.667. The van der Waals surface area contributed by atoms with Crippen molar-refractivity contribution in [2.75, 3.05) is 34.4 Å². The van der Waals surface area contributed by atoms with Crippen molar-refractivity contribution in [3.05, 3.63) is 24.6 Å². The first-order chi connectivity index (χ1) is 10.1. The normalized spacial score (nSPS) is 10.8. The van der Waals surface area contributed by atoms with Gasteiger partial charge in [0.25, 0.3) is 0 Å². The van der Waals surface area contributed by atoms with E-state index in [4.69, 9.17) is 9.47 Å². The molecule has 0 aromatic carbocycles. The van der Waals surface area contributed by atoms with Gasteiger partial charge in [-0.1, -0.05) is 0 Å². The molecular weight excluding hydrogens is 272 g/mol. The monoisotopic (exact) mass is 298 g/mol. The summed E-state index contributed by atoms with van der Waals surface area (Å²) in [5, 5.41) is 2.72. The van der Waals surface area contributed by atoms with Gasteiger partial charge in [0, 0.05) is 45.7 Å². The zero-order valence-electron chi connectivity index (χ0n) is 13.1. The van der Waals surface area contributed by atoms with Crippen LogP contribution in [0, 0.1) is 0 Å². The van der Waals surface area contributed by atoms with Crippen LogP contribution in [0.4, 0.5) is 0 Å². The maximum Gasteiger partial charge on any atom is 0.332 e. The van der Waals surface area contributed by atoms with Crippen LogP contribution in [0.3, 0.4) is 0 Å². The molecule has 21 heavy (non-hydrogen) atoms. The number of carbonyl (C=O) groups excluding carboxylic acids is 2. The fourth-order valence-corrected chi connectivity index (χ4v) is 1.36. The van der Waals surface area contributed by atoms with E-state index in [0.717, 1.165) is 25.7 Å². The summed E-state index contributed by atoms with van der Waals surface area (Å²) in [6.07, 6.45) is 9.44. The molecule has 0 aliphatic rings. The molecule has 0 fully saturated rings. The predicted molar refractivity (Wildman–Crippen MR) is 81.4 cm³/mol. The molecule has 6 nitrogen and oxygen atoms in total. The number of ether oxygens (including phenoxy) is 2. The van der Waals surface area contributed by atoms with Crippen molar-refractivity contribution >= 4 is 11.9 Å². The number of hydrogen-bond acceptors (Lipinski definition) is 6. The second kappa shape index (κ2) is 13.0. The van der Waals surface area contributed by atoms with E-state index < -0.39 is 0 Å². The van der Waals surface area contributed by atoms with E-state index in [0.29, 0.717) is 13.2 Å². The second-order valence-corrected chi connectivity index (χ2v) is 4.65. The Morgan fingerprint density at radius 3 is 1.95 bits per heavy atom. The predicted octanol–water partition coefficient (Wildman–Crippen LogP) is 1.44. The van der Waals surface area contributed by atoms with Gasteiger partial charge in [0.05, 0.1) is 13.2 Å². The van der Waals surface area contributed by atoms with Crippen LogP contribution in [0.5, 0.6) is 0 Å².